The number of hydrogen-bond acceptors (Lipinski definition) is 3. The van der Waals surface area contributed by atoms with E-state index < -0.39 is 11.7 Å². The molecule has 1 aliphatic rings. The summed E-state index contributed by atoms with van der Waals surface area (Å²) in [4.78, 5) is 25.6. The van der Waals surface area contributed by atoms with Crippen molar-refractivity contribution in [3.63, 3.8) is 0 Å². The monoisotopic (exact) mass is 348 g/mol. The highest BCUT2D eigenvalue weighted by Crippen LogP contribution is 2.34. The number of anilines is 2. The first-order chi connectivity index (χ1) is 11.5. The molecule has 0 saturated heterocycles. The number of nitrogens with zero attached hydrogens (tertiary/aromatic N) is 1. The zero-order chi connectivity index (χ0) is 17.3. The van der Waals surface area contributed by atoms with Gasteiger partial charge >= 0.3 is 0 Å². The number of benzene rings is 2. The Kier molecular flexibility index (Phi) is 4.40. The Hall–Kier alpha value is -2.60. The number of fused-ring (bicyclic) bond motifs is 1. The Balaban J connectivity index is 1.87. The lowest BCUT2D eigenvalue weighted by molar-refractivity contribution is -0.121. The van der Waals surface area contributed by atoms with E-state index in [0.717, 1.165) is 0 Å². The minimum atomic E-state index is -0.697. The third-order valence-electron chi connectivity index (χ3n) is 3.67. The second-order valence-corrected chi connectivity index (χ2v) is 5.57. The summed E-state index contributed by atoms with van der Waals surface area (Å²) < 4.78 is 19.2. The van der Waals surface area contributed by atoms with E-state index in [1.165, 1.54) is 18.2 Å². The molecule has 5 nitrogen and oxygen atoms in total. The molecule has 0 saturated carbocycles. The van der Waals surface area contributed by atoms with Gasteiger partial charge in [0.1, 0.15) is 11.6 Å². The molecule has 3 rings (SSSR count). The Morgan fingerprint density at radius 2 is 2.17 bits per heavy atom. The van der Waals surface area contributed by atoms with Crippen LogP contribution in [0.3, 0.4) is 0 Å². The van der Waals surface area contributed by atoms with Crippen molar-refractivity contribution in [2.75, 3.05) is 23.4 Å². The van der Waals surface area contributed by atoms with Gasteiger partial charge in [0, 0.05) is 18.3 Å². The summed E-state index contributed by atoms with van der Waals surface area (Å²) in [7, 11) is 0. The summed E-state index contributed by atoms with van der Waals surface area (Å²) in [5, 5.41) is 2.62. The summed E-state index contributed by atoms with van der Waals surface area (Å²) in [6.07, 6.45) is 0. The fourth-order valence-electron chi connectivity index (χ4n) is 2.54. The third-order valence-corrected chi connectivity index (χ3v) is 3.98. The summed E-state index contributed by atoms with van der Waals surface area (Å²) in [6.45, 7) is 2.33. The summed E-state index contributed by atoms with van der Waals surface area (Å²) in [5.41, 5.74) is 0.835. The molecule has 0 spiro atoms. The van der Waals surface area contributed by atoms with Crippen LogP contribution in [0.15, 0.2) is 36.4 Å². The standard InChI is InChI=1S/C17H14ClFN2O3/c1-2-21-13-7-6-10(8-14(13)24-9-15(21)22)20-17(23)16-11(18)4-3-5-12(16)19/h3-8H,2,9H2,1H3,(H,20,23). The molecule has 0 atom stereocenters. The highest BCUT2D eigenvalue weighted by molar-refractivity contribution is 6.34. The number of nitrogens with one attached hydrogen (secondary N) is 1. The van der Waals surface area contributed by atoms with Crippen LogP contribution in [0, 0.1) is 5.82 Å². The number of carbonyl (C=O) groups is 2. The third kappa shape index (κ3) is 2.92. The van der Waals surface area contributed by atoms with E-state index >= 15 is 0 Å². The Morgan fingerprint density at radius 3 is 2.88 bits per heavy atom. The van der Waals surface area contributed by atoms with Gasteiger partial charge in [-0.25, -0.2) is 4.39 Å². The lowest BCUT2D eigenvalue weighted by atomic mass is 10.1. The quantitative estimate of drug-likeness (QED) is 0.923. The van der Waals surface area contributed by atoms with E-state index in [-0.39, 0.29) is 23.1 Å². The van der Waals surface area contributed by atoms with Gasteiger partial charge in [0.15, 0.2) is 6.61 Å². The van der Waals surface area contributed by atoms with E-state index in [1.54, 1.807) is 23.1 Å². The number of likely N-dealkylation sites (N-methyl/N-ethyl adjacent to an activating group) is 1. The largest absolute Gasteiger partial charge is 0.481 e. The first-order valence-corrected chi connectivity index (χ1v) is 7.71. The topological polar surface area (TPSA) is 58.6 Å². The first-order valence-electron chi connectivity index (χ1n) is 7.34. The Morgan fingerprint density at radius 1 is 1.38 bits per heavy atom. The highest BCUT2D eigenvalue weighted by atomic mass is 35.5. The van der Waals surface area contributed by atoms with Gasteiger partial charge in [-0.05, 0) is 31.2 Å². The van der Waals surface area contributed by atoms with Crippen molar-refractivity contribution in [3.05, 3.63) is 52.8 Å². The van der Waals surface area contributed by atoms with Crippen molar-refractivity contribution in [2.24, 2.45) is 0 Å². The van der Waals surface area contributed by atoms with Crippen LogP contribution in [0.1, 0.15) is 17.3 Å². The van der Waals surface area contributed by atoms with Crippen LogP contribution in [-0.4, -0.2) is 25.0 Å². The molecule has 0 unspecified atom stereocenters. The van der Waals surface area contributed by atoms with Gasteiger partial charge < -0.3 is 15.0 Å². The van der Waals surface area contributed by atoms with Crippen molar-refractivity contribution < 1.29 is 18.7 Å². The molecule has 0 radical (unpaired) electrons. The second kappa shape index (κ2) is 6.49. The van der Waals surface area contributed by atoms with Crippen LogP contribution in [0.25, 0.3) is 0 Å². The number of hydrogen-bond donors (Lipinski definition) is 1. The summed E-state index contributed by atoms with van der Waals surface area (Å²) in [6, 6.07) is 8.93. The van der Waals surface area contributed by atoms with Crippen LogP contribution in [0.2, 0.25) is 5.02 Å². The maximum Gasteiger partial charge on any atom is 0.265 e. The summed E-state index contributed by atoms with van der Waals surface area (Å²) >= 11 is 5.89. The molecule has 0 aliphatic carbocycles. The predicted octanol–water partition coefficient (Wildman–Crippen LogP) is 3.48. The van der Waals surface area contributed by atoms with Gasteiger partial charge in [0.2, 0.25) is 0 Å². The van der Waals surface area contributed by atoms with Crippen molar-refractivity contribution >= 4 is 34.8 Å². The minimum Gasteiger partial charge on any atom is -0.481 e. The van der Waals surface area contributed by atoms with Gasteiger partial charge in [0.25, 0.3) is 11.8 Å². The molecule has 24 heavy (non-hydrogen) atoms. The maximum absolute atomic E-state index is 13.8. The van der Waals surface area contributed by atoms with Gasteiger partial charge in [-0.1, -0.05) is 17.7 Å². The van der Waals surface area contributed by atoms with Crippen LogP contribution in [0.5, 0.6) is 5.75 Å². The normalized spacial score (nSPS) is 13.3. The Bertz CT molecular complexity index is 805. The van der Waals surface area contributed by atoms with Gasteiger partial charge in [-0.3, -0.25) is 9.59 Å². The van der Waals surface area contributed by atoms with E-state index in [0.29, 0.717) is 23.7 Å². The Labute approximate surface area is 143 Å². The molecule has 2 aromatic carbocycles. The van der Waals surface area contributed by atoms with E-state index in [2.05, 4.69) is 5.32 Å². The lowest BCUT2D eigenvalue weighted by Crippen LogP contribution is -2.38. The van der Waals surface area contributed by atoms with Crippen molar-refractivity contribution in [3.8, 4) is 5.75 Å². The van der Waals surface area contributed by atoms with Crippen LogP contribution >= 0.6 is 11.6 Å². The van der Waals surface area contributed by atoms with Gasteiger partial charge in [-0.15, -0.1) is 0 Å². The van der Waals surface area contributed by atoms with Crippen molar-refractivity contribution in [1.29, 1.82) is 0 Å². The highest BCUT2D eigenvalue weighted by Gasteiger charge is 2.24. The molecule has 2 aromatic rings. The predicted molar refractivity (Wildman–Crippen MR) is 89.3 cm³/mol. The van der Waals surface area contributed by atoms with Crippen LogP contribution in [-0.2, 0) is 4.79 Å². The zero-order valence-electron chi connectivity index (χ0n) is 12.8. The fourth-order valence-corrected chi connectivity index (χ4v) is 2.79. The number of ether oxygens (including phenoxy) is 1. The molecule has 7 heteroatoms. The SMILES string of the molecule is CCN1C(=O)COc2cc(NC(=O)c3c(F)cccc3Cl)ccc21. The maximum atomic E-state index is 13.8. The molecule has 124 valence electrons. The molecule has 1 heterocycles. The van der Waals surface area contributed by atoms with Crippen molar-refractivity contribution in [2.45, 2.75) is 6.92 Å². The molecule has 0 fully saturated rings. The molecule has 0 bridgehead atoms. The van der Waals surface area contributed by atoms with Crippen LogP contribution in [0.4, 0.5) is 15.8 Å². The molecule has 1 N–H and O–H groups in total. The number of amides is 2. The number of halogens is 2. The molecular formula is C17H14ClFN2O3. The molecule has 0 aromatic heterocycles. The fraction of sp³-hybridized carbons (Fsp3) is 0.176. The lowest BCUT2D eigenvalue weighted by Gasteiger charge is -2.28. The average molecular weight is 349 g/mol. The second-order valence-electron chi connectivity index (χ2n) is 5.16. The van der Waals surface area contributed by atoms with E-state index in [1.807, 2.05) is 6.92 Å². The average Bonchev–Trinajstić information content (AvgIpc) is 2.55. The summed E-state index contributed by atoms with van der Waals surface area (Å²) in [5.74, 6) is -0.997. The molecular weight excluding hydrogens is 335 g/mol. The van der Waals surface area contributed by atoms with E-state index in [9.17, 15) is 14.0 Å². The van der Waals surface area contributed by atoms with Gasteiger partial charge in [0.05, 0.1) is 16.3 Å². The first kappa shape index (κ1) is 16.3. The van der Waals surface area contributed by atoms with Crippen LogP contribution < -0.4 is 15.0 Å². The molecule has 2 amide bonds. The molecule has 1 aliphatic heterocycles. The minimum absolute atomic E-state index is 0.0319. The smallest absolute Gasteiger partial charge is 0.265 e. The zero-order valence-corrected chi connectivity index (χ0v) is 13.6. The van der Waals surface area contributed by atoms with Crippen molar-refractivity contribution in [1.82, 2.24) is 0 Å². The number of rotatable bonds is 3. The number of carbonyl (C=O) groups excluding carboxylic acids is 2. The van der Waals surface area contributed by atoms with Gasteiger partial charge in [-0.2, -0.15) is 0 Å². The van der Waals surface area contributed by atoms with E-state index in [4.69, 9.17) is 16.3 Å².